The minimum atomic E-state index is -1.69. The molecule has 2 rings (SSSR count). The molecule has 0 heterocycles. The second-order valence-corrected chi connectivity index (χ2v) is 11.4. The average molecular weight is 257 g/mol. The fourth-order valence-corrected chi connectivity index (χ4v) is 8.99. The summed E-state index contributed by atoms with van der Waals surface area (Å²) in [6.45, 7) is 4.11. The Bertz CT molecular complexity index is 209. The van der Waals surface area contributed by atoms with Gasteiger partial charge in [-0.25, -0.2) is 0 Å². The number of rotatable bonds is 3. The lowest BCUT2D eigenvalue weighted by Crippen LogP contribution is -2.39. The second-order valence-electron chi connectivity index (χ2n) is 5.70. The van der Waals surface area contributed by atoms with Gasteiger partial charge >= 0.3 is 0 Å². The summed E-state index contributed by atoms with van der Waals surface area (Å²) in [4.78, 5) is 0. The molecule has 2 saturated carbocycles. The highest BCUT2D eigenvalue weighted by Crippen LogP contribution is 2.50. The van der Waals surface area contributed by atoms with Gasteiger partial charge in [0.2, 0.25) is 0 Å². The van der Waals surface area contributed by atoms with Gasteiger partial charge in [0, 0.05) is 0 Å². The Kier molecular flexibility index (Phi) is 4.54. The third-order valence-corrected chi connectivity index (χ3v) is 11.4. The van der Waals surface area contributed by atoms with Crippen molar-refractivity contribution < 1.29 is 0 Å². The number of hydrogen-bond donors (Lipinski definition) is 0. The van der Waals surface area contributed by atoms with Gasteiger partial charge in [-0.3, -0.25) is 0 Å². The minimum Gasteiger partial charge on any atom is -0.161 e. The molecule has 0 aromatic rings. The molecule has 2 aliphatic rings. The molecule has 0 amide bonds. The van der Waals surface area contributed by atoms with E-state index < -0.39 is 7.38 Å². The van der Waals surface area contributed by atoms with E-state index in [2.05, 4.69) is 12.3 Å². The molecule has 0 nitrogen and oxygen atoms in total. The van der Waals surface area contributed by atoms with E-state index in [-0.39, 0.29) is 0 Å². The number of hydrogen-bond acceptors (Lipinski definition) is 0. The Morgan fingerprint density at radius 3 is 1.50 bits per heavy atom. The van der Waals surface area contributed by atoms with Crippen molar-refractivity contribution in [3.05, 3.63) is 12.3 Å². The summed E-state index contributed by atoms with van der Waals surface area (Å²) in [5.74, 6) is 0. The first kappa shape index (κ1) is 12.7. The Morgan fingerprint density at radius 2 is 1.19 bits per heavy atom. The molecule has 0 unspecified atom stereocenters. The highest BCUT2D eigenvalue weighted by molar-refractivity contribution is 7.24. The maximum absolute atomic E-state index is 7.10. The van der Waals surface area contributed by atoms with Crippen LogP contribution in [0.4, 0.5) is 0 Å². The van der Waals surface area contributed by atoms with E-state index in [1.54, 1.807) is 0 Å². The standard InChI is InChI=1S/C14H25ClSi/c1-2-16(15,13-9-5-3-6-10-13)14-11-7-4-8-12-14/h2,13-14H,1,3-12H2. The van der Waals surface area contributed by atoms with Gasteiger partial charge in [0.25, 0.3) is 0 Å². The molecule has 0 aromatic heterocycles. The van der Waals surface area contributed by atoms with Crippen LogP contribution in [0.3, 0.4) is 0 Å². The Hall–Kier alpha value is 0.247. The lowest BCUT2D eigenvalue weighted by Gasteiger charge is -2.41. The summed E-state index contributed by atoms with van der Waals surface area (Å²) >= 11 is 7.10. The zero-order valence-electron chi connectivity index (χ0n) is 10.4. The lowest BCUT2D eigenvalue weighted by molar-refractivity contribution is 0.461. The van der Waals surface area contributed by atoms with Crippen molar-refractivity contribution in [2.45, 2.75) is 75.3 Å². The Balaban J connectivity index is 2.06. The molecule has 2 aliphatic carbocycles. The fraction of sp³-hybridized carbons (Fsp3) is 0.857. The smallest absolute Gasteiger partial charge is 0.161 e. The molecular weight excluding hydrogens is 232 g/mol. The van der Waals surface area contributed by atoms with E-state index in [0.29, 0.717) is 0 Å². The van der Waals surface area contributed by atoms with Crippen LogP contribution < -0.4 is 0 Å². The first-order valence-electron chi connectivity index (χ1n) is 7.10. The van der Waals surface area contributed by atoms with Gasteiger partial charge in [-0.1, -0.05) is 69.9 Å². The maximum Gasteiger partial charge on any atom is 0.185 e. The average Bonchev–Trinajstić information content (AvgIpc) is 2.40. The summed E-state index contributed by atoms with van der Waals surface area (Å²) in [5, 5.41) is 0. The van der Waals surface area contributed by atoms with Gasteiger partial charge in [0.05, 0.1) is 0 Å². The third kappa shape index (κ3) is 2.56. The molecule has 2 fully saturated rings. The van der Waals surface area contributed by atoms with Crippen molar-refractivity contribution >= 4 is 18.5 Å². The summed E-state index contributed by atoms with van der Waals surface area (Å²) in [6, 6.07) is 0. The van der Waals surface area contributed by atoms with Crippen LogP contribution in [0.15, 0.2) is 12.3 Å². The monoisotopic (exact) mass is 256 g/mol. The zero-order chi connectivity index (χ0) is 11.4. The largest absolute Gasteiger partial charge is 0.185 e. The molecule has 92 valence electrons. The second kappa shape index (κ2) is 5.73. The van der Waals surface area contributed by atoms with Crippen molar-refractivity contribution in [1.29, 1.82) is 0 Å². The van der Waals surface area contributed by atoms with Gasteiger partial charge in [-0.15, -0.1) is 6.58 Å². The maximum atomic E-state index is 7.10. The van der Waals surface area contributed by atoms with E-state index >= 15 is 0 Å². The van der Waals surface area contributed by atoms with Gasteiger partial charge in [0.15, 0.2) is 7.38 Å². The van der Waals surface area contributed by atoms with E-state index in [4.69, 9.17) is 11.1 Å². The summed E-state index contributed by atoms with van der Waals surface area (Å²) in [6.07, 6.45) is 14.0. The van der Waals surface area contributed by atoms with E-state index in [0.717, 1.165) is 11.1 Å². The van der Waals surface area contributed by atoms with Crippen LogP contribution in [0.5, 0.6) is 0 Å². The molecular formula is C14H25ClSi. The normalized spacial score (nSPS) is 25.6. The summed E-state index contributed by atoms with van der Waals surface area (Å²) < 4.78 is 0. The fourth-order valence-electron chi connectivity index (χ4n) is 3.76. The number of halogens is 1. The molecule has 0 bridgehead atoms. The van der Waals surface area contributed by atoms with Crippen molar-refractivity contribution in [3.63, 3.8) is 0 Å². The molecule has 0 N–H and O–H groups in total. The molecule has 0 aromatic carbocycles. The van der Waals surface area contributed by atoms with Crippen molar-refractivity contribution in [1.82, 2.24) is 0 Å². The predicted molar refractivity (Wildman–Crippen MR) is 75.5 cm³/mol. The highest BCUT2D eigenvalue weighted by Gasteiger charge is 2.44. The van der Waals surface area contributed by atoms with Crippen molar-refractivity contribution in [2.75, 3.05) is 0 Å². The van der Waals surface area contributed by atoms with Gasteiger partial charge in [-0.2, -0.15) is 11.1 Å². The van der Waals surface area contributed by atoms with Crippen LogP contribution >= 0.6 is 11.1 Å². The highest BCUT2D eigenvalue weighted by atomic mass is 35.6. The molecule has 0 atom stereocenters. The molecule has 2 heteroatoms. The molecule has 0 spiro atoms. The predicted octanol–water partition coefficient (Wildman–Crippen LogP) is 5.56. The SMILES string of the molecule is C=C[Si](Cl)(C1CCCCC1)C1CCCCC1. The molecule has 0 radical (unpaired) electrons. The van der Waals surface area contributed by atoms with E-state index in [9.17, 15) is 0 Å². The summed E-state index contributed by atoms with van der Waals surface area (Å²) in [7, 11) is -1.69. The van der Waals surface area contributed by atoms with Crippen LogP contribution in [0.2, 0.25) is 11.1 Å². The Morgan fingerprint density at radius 1 is 0.812 bits per heavy atom. The molecule has 0 aliphatic heterocycles. The Labute approximate surface area is 106 Å². The van der Waals surface area contributed by atoms with Crippen LogP contribution in [-0.4, -0.2) is 7.38 Å². The van der Waals surface area contributed by atoms with Gasteiger partial charge in [0.1, 0.15) is 0 Å². The van der Waals surface area contributed by atoms with Gasteiger partial charge < -0.3 is 0 Å². The molecule has 16 heavy (non-hydrogen) atoms. The summed E-state index contributed by atoms with van der Waals surface area (Å²) in [5.41, 5.74) is 3.90. The van der Waals surface area contributed by atoms with Crippen LogP contribution in [0, 0.1) is 0 Å². The first-order valence-corrected chi connectivity index (χ1v) is 10.3. The van der Waals surface area contributed by atoms with Gasteiger partial charge in [-0.05, 0) is 11.1 Å². The quantitative estimate of drug-likeness (QED) is 0.458. The van der Waals surface area contributed by atoms with Crippen molar-refractivity contribution in [2.24, 2.45) is 0 Å². The first-order chi connectivity index (χ1) is 7.77. The zero-order valence-corrected chi connectivity index (χ0v) is 12.1. The lowest BCUT2D eigenvalue weighted by atomic mass is 9.99. The topological polar surface area (TPSA) is 0 Å². The van der Waals surface area contributed by atoms with Crippen LogP contribution in [0.25, 0.3) is 0 Å². The molecule has 0 saturated heterocycles. The minimum absolute atomic E-state index is 0.837. The van der Waals surface area contributed by atoms with E-state index in [1.807, 2.05) is 0 Å². The van der Waals surface area contributed by atoms with Crippen molar-refractivity contribution in [3.8, 4) is 0 Å². The third-order valence-electron chi connectivity index (χ3n) is 4.77. The van der Waals surface area contributed by atoms with Crippen LogP contribution in [-0.2, 0) is 0 Å². The van der Waals surface area contributed by atoms with E-state index in [1.165, 1.54) is 64.2 Å². The van der Waals surface area contributed by atoms with Crippen LogP contribution in [0.1, 0.15) is 64.2 Å².